The first-order valence-electron chi connectivity index (χ1n) is 9.06. The van der Waals surface area contributed by atoms with Gasteiger partial charge in [-0.2, -0.15) is 0 Å². The molecule has 2 aromatic carbocycles. The van der Waals surface area contributed by atoms with Crippen LogP contribution in [0.15, 0.2) is 58.2 Å². The average Bonchev–Trinajstić information content (AvgIpc) is 3.15. The molecule has 1 amide bonds. The zero-order valence-corrected chi connectivity index (χ0v) is 16.8. The quantitative estimate of drug-likeness (QED) is 0.420. The van der Waals surface area contributed by atoms with E-state index >= 15 is 0 Å². The summed E-state index contributed by atoms with van der Waals surface area (Å²) in [4.78, 5) is 24.2. The van der Waals surface area contributed by atoms with E-state index < -0.39 is 0 Å². The first-order chi connectivity index (χ1) is 13.9. The number of nitrogens with zero attached hydrogens (tertiary/aromatic N) is 2. The number of Topliss-reactive ketones (excluding diaryl/α,β-unsaturated/α-hetero) is 1. The maximum Gasteiger partial charge on any atom is 0.277 e. The van der Waals surface area contributed by atoms with Crippen LogP contribution in [0.3, 0.4) is 0 Å². The Balaban J connectivity index is 1.54. The molecule has 0 unspecified atom stereocenters. The van der Waals surface area contributed by atoms with E-state index in [2.05, 4.69) is 15.5 Å². The molecule has 150 valence electrons. The molecule has 0 radical (unpaired) electrons. The van der Waals surface area contributed by atoms with Crippen molar-refractivity contribution >= 4 is 29.1 Å². The number of aromatic nitrogens is 2. The largest absolute Gasteiger partial charge is 0.411 e. The standard InChI is InChI=1S/C21H20FN3O3S/c1-13(2)11-19(27)23-17-9-5-14(6-10-17)18(26)12-29-21-25-24-20(28-21)15-3-7-16(22)8-4-15/h3-10,13H,11-12H2,1-2H3,(H,23,27). The number of halogens is 1. The van der Waals surface area contributed by atoms with Crippen molar-refractivity contribution < 1.29 is 18.4 Å². The molecule has 0 spiro atoms. The lowest BCUT2D eigenvalue weighted by molar-refractivity contribution is -0.116. The van der Waals surface area contributed by atoms with E-state index in [-0.39, 0.29) is 40.3 Å². The van der Waals surface area contributed by atoms with Crippen LogP contribution in [0.5, 0.6) is 0 Å². The second kappa shape index (κ2) is 9.47. The van der Waals surface area contributed by atoms with Gasteiger partial charge in [0.05, 0.1) is 5.75 Å². The van der Waals surface area contributed by atoms with Gasteiger partial charge < -0.3 is 9.73 Å². The Morgan fingerprint density at radius 3 is 2.41 bits per heavy atom. The number of carbonyl (C=O) groups excluding carboxylic acids is 2. The number of amides is 1. The molecule has 0 bridgehead atoms. The van der Waals surface area contributed by atoms with Crippen LogP contribution in [0, 0.1) is 11.7 Å². The lowest BCUT2D eigenvalue weighted by Gasteiger charge is -2.07. The minimum atomic E-state index is -0.348. The van der Waals surface area contributed by atoms with Crippen molar-refractivity contribution in [3.8, 4) is 11.5 Å². The summed E-state index contributed by atoms with van der Waals surface area (Å²) >= 11 is 1.13. The second-order valence-corrected chi connectivity index (χ2v) is 7.74. The van der Waals surface area contributed by atoms with Gasteiger partial charge in [0.1, 0.15) is 5.82 Å². The van der Waals surface area contributed by atoms with Gasteiger partial charge in [-0.1, -0.05) is 25.6 Å². The Hall–Kier alpha value is -3.00. The highest BCUT2D eigenvalue weighted by Crippen LogP contribution is 2.24. The fraction of sp³-hybridized carbons (Fsp3) is 0.238. The zero-order chi connectivity index (χ0) is 20.8. The summed E-state index contributed by atoms with van der Waals surface area (Å²) in [5.74, 6) is 0.172. The molecule has 0 atom stereocenters. The Morgan fingerprint density at radius 2 is 1.76 bits per heavy atom. The summed E-state index contributed by atoms with van der Waals surface area (Å²) < 4.78 is 18.5. The lowest BCUT2D eigenvalue weighted by atomic mass is 10.1. The highest BCUT2D eigenvalue weighted by molar-refractivity contribution is 7.99. The van der Waals surface area contributed by atoms with Gasteiger partial charge >= 0.3 is 0 Å². The smallest absolute Gasteiger partial charge is 0.277 e. The first-order valence-corrected chi connectivity index (χ1v) is 10.0. The van der Waals surface area contributed by atoms with E-state index in [0.29, 0.717) is 23.2 Å². The van der Waals surface area contributed by atoms with Crippen LogP contribution in [0.4, 0.5) is 10.1 Å². The van der Waals surface area contributed by atoms with Crippen LogP contribution in [-0.2, 0) is 4.79 Å². The van der Waals surface area contributed by atoms with Crippen LogP contribution < -0.4 is 5.32 Å². The highest BCUT2D eigenvalue weighted by atomic mass is 32.2. The third kappa shape index (κ3) is 5.99. The summed E-state index contributed by atoms with van der Waals surface area (Å²) in [6, 6.07) is 12.5. The zero-order valence-electron chi connectivity index (χ0n) is 16.0. The molecular formula is C21H20FN3O3S. The van der Waals surface area contributed by atoms with E-state index in [9.17, 15) is 14.0 Å². The van der Waals surface area contributed by atoms with Gasteiger partial charge in [-0.25, -0.2) is 4.39 Å². The minimum absolute atomic E-state index is 0.0528. The molecule has 1 heterocycles. The predicted molar refractivity (Wildman–Crippen MR) is 109 cm³/mol. The van der Waals surface area contributed by atoms with E-state index in [0.717, 1.165) is 11.8 Å². The molecule has 0 aliphatic carbocycles. The molecule has 1 aromatic heterocycles. The van der Waals surface area contributed by atoms with E-state index in [1.807, 2.05) is 13.8 Å². The SMILES string of the molecule is CC(C)CC(=O)Nc1ccc(C(=O)CSc2nnc(-c3ccc(F)cc3)o2)cc1. The number of benzene rings is 2. The van der Waals surface area contributed by atoms with Crippen LogP contribution in [0.1, 0.15) is 30.6 Å². The van der Waals surface area contributed by atoms with Crippen molar-refractivity contribution in [3.63, 3.8) is 0 Å². The van der Waals surface area contributed by atoms with Crippen molar-refractivity contribution in [2.45, 2.75) is 25.5 Å². The molecule has 0 fully saturated rings. The number of ketones is 1. The maximum atomic E-state index is 13.0. The number of nitrogens with one attached hydrogen (secondary N) is 1. The van der Waals surface area contributed by atoms with E-state index in [4.69, 9.17) is 4.42 Å². The number of carbonyl (C=O) groups is 2. The fourth-order valence-corrected chi connectivity index (χ4v) is 3.17. The Morgan fingerprint density at radius 1 is 1.07 bits per heavy atom. The van der Waals surface area contributed by atoms with Crippen molar-refractivity contribution in [3.05, 3.63) is 59.9 Å². The molecule has 1 N–H and O–H groups in total. The minimum Gasteiger partial charge on any atom is -0.411 e. The monoisotopic (exact) mass is 413 g/mol. The van der Waals surface area contributed by atoms with Gasteiger partial charge in [-0.3, -0.25) is 9.59 Å². The van der Waals surface area contributed by atoms with Crippen molar-refractivity contribution in [2.24, 2.45) is 5.92 Å². The van der Waals surface area contributed by atoms with Crippen molar-refractivity contribution in [2.75, 3.05) is 11.1 Å². The third-order valence-corrected chi connectivity index (χ3v) is 4.73. The summed E-state index contributed by atoms with van der Waals surface area (Å²) in [5, 5.41) is 10.9. The number of hydrogen-bond donors (Lipinski definition) is 1. The van der Waals surface area contributed by atoms with Crippen LogP contribution in [-0.4, -0.2) is 27.6 Å². The number of hydrogen-bond acceptors (Lipinski definition) is 6. The highest BCUT2D eigenvalue weighted by Gasteiger charge is 2.13. The topological polar surface area (TPSA) is 85.1 Å². The summed E-state index contributed by atoms with van der Waals surface area (Å²) in [6.07, 6.45) is 0.446. The van der Waals surface area contributed by atoms with Crippen molar-refractivity contribution in [1.82, 2.24) is 10.2 Å². The average molecular weight is 413 g/mol. The summed E-state index contributed by atoms with van der Waals surface area (Å²) in [6.45, 7) is 3.95. The van der Waals surface area contributed by atoms with Gasteiger partial charge in [0, 0.05) is 23.2 Å². The molecule has 8 heteroatoms. The van der Waals surface area contributed by atoms with Crippen LogP contribution in [0.25, 0.3) is 11.5 Å². The number of rotatable bonds is 8. The third-order valence-electron chi connectivity index (χ3n) is 3.91. The molecule has 3 aromatic rings. The molecular weight excluding hydrogens is 393 g/mol. The molecule has 0 saturated heterocycles. The van der Waals surface area contributed by atoms with Crippen LogP contribution >= 0.6 is 11.8 Å². The molecule has 0 aliphatic heterocycles. The van der Waals surface area contributed by atoms with Gasteiger partial charge in [-0.15, -0.1) is 10.2 Å². The summed E-state index contributed by atoms with van der Waals surface area (Å²) in [5.41, 5.74) is 1.78. The Labute approximate surface area is 171 Å². The normalized spacial score (nSPS) is 10.9. The maximum absolute atomic E-state index is 13.0. The summed E-state index contributed by atoms with van der Waals surface area (Å²) in [7, 11) is 0. The molecule has 6 nitrogen and oxygen atoms in total. The fourth-order valence-electron chi connectivity index (χ4n) is 2.51. The second-order valence-electron chi connectivity index (χ2n) is 6.82. The predicted octanol–water partition coefficient (Wildman–Crippen LogP) is 4.84. The van der Waals surface area contributed by atoms with Gasteiger partial charge in [0.25, 0.3) is 5.22 Å². The molecule has 3 rings (SSSR count). The van der Waals surface area contributed by atoms with E-state index in [1.165, 1.54) is 12.1 Å². The van der Waals surface area contributed by atoms with E-state index in [1.54, 1.807) is 36.4 Å². The number of thioether (sulfide) groups is 1. The van der Waals surface area contributed by atoms with Gasteiger partial charge in [0.2, 0.25) is 11.8 Å². The molecule has 0 saturated carbocycles. The number of anilines is 1. The van der Waals surface area contributed by atoms with Crippen LogP contribution in [0.2, 0.25) is 0 Å². The van der Waals surface area contributed by atoms with Gasteiger partial charge in [-0.05, 0) is 54.4 Å². The first kappa shape index (κ1) is 20.7. The lowest BCUT2D eigenvalue weighted by Crippen LogP contribution is -2.14. The molecule has 0 aliphatic rings. The van der Waals surface area contributed by atoms with Crippen molar-refractivity contribution in [1.29, 1.82) is 0 Å². The Bertz CT molecular complexity index is 985. The Kier molecular flexibility index (Phi) is 6.77. The van der Waals surface area contributed by atoms with Gasteiger partial charge in [0.15, 0.2) is 5.78 Å². The molecule has 29 heavy (non-hydrogen) atoms.